The summed E-state index contributed by atoms with van der Waals surface area (Å²) >= 11 is 0. The van der Waals surface area contributed by atoms with Crippen molar-refractivity contribution in [1.82, 2.24) is 0 Å². The van der Waals surface area contributed by atoms with E-state index < -0.39 is 0 Å². The van der Waals surface area contributed by atoms with Crippen molar-refractivity contribution in [2.45, 2.75) is 13.8 Å². The first kappa shape index (κ1) is 12.7. The molecule has 0 aromatic heterocycles. The van der Waals surface area contributed by atoms with Gasteiger partial charge in [0.1, 0.15) is 6.07 Å². The zero-order valence-corrected chi connectivity index (χ0v) is 10.9. The summed E-state index contributed by atoms with van der Waals surface area (Å²) in [4.78, 5) is 0. The number of rotatable bonds is 2. The molecule has 1 N–H and O–H groups in total. The Bertz CT molecular complexity index is 703. The van der Waals surface area contributed by atoms with E-state index in [1.54, 1.807) is 18.2 Å². The van der Waals surface area contributed by atoms with Crippen molar-refractivity contribution in [2.24, 2.45) is 0 Å². The standard InChI is InChI=1S/C16H13N3/c1-11-3-6-14(10-18)16(7-11)19-15-8-13(9-17)5-4-12(15)2/h3-8,19H,1-2H3. The van der Waals surface area contributed by atoms with E-state index >= 15 is 0 Å². The van der Waals surface area contributed by atoms with Crippen LogP contribution in [0.25, 0.3) is 0 Å². The zero-order chi connectivity index (χ0) is 13.8. The first-order chi connectivity index (χ1) is 9.13. The quantitative estimate of drug-likeness (QED) is 0.878. The Labute approximate surface area is 112 Å². The van der Waals surface area contributed by atoms with Crippen LogP contribution in [-0.2, 0) is 0 Å². The summed E-state index contributed by atoms with van der Waals surface area (Å²) in [6, 6.07) is 15.4. The molecule has 0 aliphatic carbocycles. The zero-order valence-electron chi connectivity index (χ0n) is 10.9. The Hall–Kier alpha value is -2.78. The highest BCUT2D eigenvalue weighted by molar-refractivity contribution is 5.70. The second-order valence-corrected chi connectivity index (χ2v) is 4.43. The number of hydrogen-bond acceptors (Lipinski definition) is 3. The van der Waals surface area contributed by atoms with E-state index in [1.165, 1.54) is 0 Å². The smallest absolute Gasteiger partial charge is 0.101 e. The van der Waals surface area contributed by atoms with Gasteiger partial charge in [-0.1, -0.05) is 12.1 Å². The van der Waals surface area contributed by atoms with Crippen molar-refractivity contribution < 1.29 is 0 Å². The van der Waals surface area contributed by atoms with Crippen molar-refractivity contribution in [1.29, 1.82) is 10.5 Å². The van der Waals surface area contributed by atoms with Crippen LogP contribution < -0.4 is 5.32 Å². The Kier molecular flexibility index (Phi) is 3.50. The Balaban J connectivity index is 2.45. The molecule has 0 aliphatic rings. The molecular formula is C16H13N3. The third-order valence-corrected chi connectivity index (χ3v) is 2.93. The maximum absolute atomic E-state index is 9.12. The van der Waals surface area contributed by atoms with Crippen LogP contribution in [0, 0.1) is 36.5 Å². The fourth-order valence-corrected chi connectivity index (χ4v) is 1.83. The molecule has 3 heteroatoms. The molecule has 0 saturated carbocycles. The first-order valence-electron chi connectivity index (χ1n) is 5.92. The van der Waals surface area contributed by atoms with Gasteiger partial charge in [-0.25, -0.2) is 0 Å². The molecule has 19 heavy (non-hydrogen) atoms. The van der Waals surface area contributed by atoms with Crippen molar-refractivity contribution in [3.63, 3.8) is 0 Å². The minimum Gasteiger partial charge on any atom is -0.354 e. The number of benzene rings is 2. The lowest BCUT2D eigenvalue weighted by Crippen LogP contribution is -1.97. The van der Waals surface area contributed by atoms with Gasteiger partial charge < -0.3 is 5.32 Å². The topological polar surface area (TPSA) is 59.6 Å². The molecule has 0 atom stereocenters. The minimum absolute atomic E-state index is 0.590. The van der Waals surface area contributed by atoms with Gasteiger partial charge in [-0.3, -0.25) is 0 Å². The van der Waals surface area contributed by atoms with Gasteiger partial charge in [0.05, 0.1) is 22.9 Å². The Morgan fingerprint density at radius 1 is 0.895 bits per heavy atom. The number of nitrogens with zero attached hydrogens (tertiary/aromatic N) is 2. The maximum Gasteiger partial charge on any atom is 0.101 e. The highest BCUT2D eigenvalue weighted by Gasteiger charge is 2.05. The summed E-state index contributed by atoms with van der Waals surface area (Å²) in [7, 11) is 0. The van der Waals surface area contributed by atoms with Crippen LogP contribution in [0.5, 0.6) is 0 Å². The van der Waals surface area contributed by atoms with Crippen LogP contribution in [0.1, 0.15) is 22.3 Å². The summed E-state index contributed by atoms with van der Waals surface area (Å²) < 4.78 is 0. The SMILES string of the molecule is Cc1ccc(C#N)c(Nc2cc(C#N)ccc2C)c1. The normalized spacial score (nSPS) is 9.47. The summed E-state index contributed by atoms with van der Waals surface area (Å²) in [5, 5.41) is 21.3. The number of anilines is 2. The Morgan fingerprint density at radius 3 is 2.37 bits per heavy atom. The molecule has 0 fully saturated rings. The van der Waals surface area contributed by atoms with Gasteiger partial charge in [0.15, 0.2) is 0 Å². The average Bonchev–Trinajstić information content (AvgIpc) is 2.41. The largest absolute Gasteiger partial charge is 0.354 e. The van der Waals surface area contributed by atoms with Crippen LogP contribution in [0.15, 0.2) is 36.4 Å². The molecule has 2 rings (SSSR count). The van der Waals surface area contributed by atoms with Crippen LogP contribution in [0.3, 0.4) is 0 Å². The molecule has 2 aromatic carbocycles. The van der Waals surface area contributed by atoms with Crippen LogP contribution in [-0.4, -0.2) is 0 Å². The predicted octanol–water partition coefficient (Wildman–Crippen LogP) is 3.79. The molecule has 0 unspecified atom stereocenters. The number of nitrogens with one attached hydrogen (secondary N) is 1. The second-order valence-electron chi connectivity index (χ2n) is 4.43. The van der Waals surface area contributed by atoms with Crippen molar-refractivity contribution in [3.05, 3.63) is 58.7 Å². The highest BCUT2D eigenvalue weighted by atomic mass is 14.9. The van der Waals surface area contributed by atoms with E-state index in [0.717, 1.165) is 22.5 Å². The van der Waals surface area contributed by atoms with E-state index in [4.69, 9.17) is 10.5 Å². The van der Waals surface area contributed by atoms with Crippen LogP contribution in [0.4, 0.5) is 11.4 Å². The number of nitriles is 2. The van der Waals surface area contributed by atoms with Crippen molar-refractivity contribution in [2.75, 3.05) is 5.32 Å². The van der Waals surface area contributed by atoms with E-state index in [9.17, 15) is 0 Å². The van der Waals surface area contributed by atoms with Gasteiger partial charge >= 0.3 is 0 Å². The molecule has 0 spiro atoms. The molecule has 0 amide bonds. The molecule has 3 nitrogen and oxygen atoms in total. The van der Waals surface area contributed by atoms with E-state index in [0.29, 0.717) is 11.1 Å². The molecule has 0 aliphatic heterocycles. The molecule has 0 radical (unpaired) electrons. The van der Waals surface area contributed by atoms with E-state index in [2.05, 4.69) is 17.5 Å². The lowest BCUT2D eigenvalue weighted by atomic mass is 10.1. The highest BCUT2D eigenvalue weighted by Crippen LogP contribution is 2.25. The third-order valence-electron chi connectivity index (χ3n) is 2.93. The van der Waals surface area contributed by atoms with Gasteiger partial charge in [-0.15, -0.1) is 0 Å². The molecule has 0 saturated heterocycles. The van der Waals surface area contributed by atoms with E-state index in [1.807, 2.05) is 32.0 Å². The average molecular weight is 247 g/mol. The first-order valence-corrected chi connectivity index (χ1v) is 5.92. The number of hydrogen-bond donors (Lipinski definition) is 1. The fourth-order valence-electron chi connectivity index (χ4n) is 1.83. The molecule has 0 heterocycles. The summed E-state index contributed by atoms with van der Waals surface area (Å²) in [6.07, 6.45) is 0. The minimum atomic E-state index is 0.590. The molecule has 2 aromatic rings. The van der Waals surface area contributed by atoms with Crippen LogP contribution >= 0.6 is 0 Å². The predicted molar refractivity (Wildman–Crippen MR) is 75.1 cm³/mol. The van der Waals surface area contributed by atoms with Crippen molar-refractivity contribution >= 4 is 11.4 Å². The van der Waals surface area contributed by atoms with Crippen LogP contribution in [0.2, 0.25) is 0 Å². The van der Waals surface area contributed by atoms with Gasteiger partial charge in [-0.05, 0) is 49.2 Å². The fraction of sp³-hybridized carbons (Fsp3) is 0.125. The molecule has 92 valence electrons. The van der Waals surface area contributed by atoms with Crippen molar-refractivity contribution in [3.8, 4) is 12.1 Å². The van der Waals surface area contributed by atoms with Gasteiger partial charge in [0, 0.05) is 5.69 Å². The summed E-state index contributed by atoms with van der Waals surface area (Å²) in [6.45, 7) is 3.94. The lowest BCUT2D eigenvalue weighted by molar-refractivity contribution is 1.37. The maximum atomic E-state index is 9.12. The third kappa shape index (κ3) is 2.73. The summed E-state index contributed by atoms with van der Waals surface area (Å²) in [5.74, 6) is 0. The Morgan fingerprint density at radius 2 is 1.68 bits per heavy atom. The molecule has 0 bridgehead atoms. The number of aryl methyl sites for hydroxylation is 2. The van der Waals surface area contributed by atoms with Gasteiger partial charge in [0.2, 0.25) is 0 Å². The monoisotopic (exact) mass is 247 g/mol. The van der Waals surface area contributed by atoms with E-state index in [-0.39, 0.29) is 0 Å². The lowest BCUT2D eigenvalue weighted by Gasteiger charge is -2.12. The molecular weight excluding hydrogens is 234 g/mol. The van der Waals surface area contributed by atoms with Gasteiger partial charge in [0.25, 0.3) is 0 Å². The van der Waals surface area contributed by atoms with Gasteiger partial charge in [-0.2, -0.15) is 10.5 Å². The summed E-state index contributed by atoms with van der Waals surface area (Å²) in [5.41, 5.74) is 4.91. The second kappa shape index (κ2) is 5.25.